The lowest BCUT2D eigenvalue weighted by Crippen LogP contribution is -2.28. The second-order valence-corrected chi connectivity index (χ2v) is 6.00. The monoisotopic (exact) mass is 324 g/mol. The van der Waals surface area contributed by atoms with Crippen molar-refractivity contribution in [1.82, 2.24) is 0 Å². The molecule has 1 fully saturated rings. The molecule has 5 nitrogen and oxygen atoms in total. The van der Waals surface area contributed by atoms with E-state index in [0.29, 0.717) is 17.1 Å². The van der Waals surface area contributed by atoms with E-state index < -0.39 is 5.41 Å². The number of carbonyl (C=O) groups is 2. The highest BCUT2D eigenvalue weighted by Crippen LogP contribution is 2.49. The van der Waals surface area contributed by atoms with Crippen LogP contribution in [0.5, 0.6) is 5.75 Å². The van der Waals surface area contributed by atoms with Crippen molar-refractivity contribution in [2.45, 2.75) is 25.2 Å². The highest BCUT2D eigenvalue weighted by molar-refractivity contribution is 6.03. The number of benzene rings is 2. The molecule has 2 aromatic carbocycles. The van der Waals surface area contributed by atoms with Gasteiger partial charge in [-0.15, -0.1) is 0 Å². The molecule has 1 saturated carbocycles. The molecule has 0 aliphatic heterocycles. The van der Waals surface area contributed by atoms with Crippen LogP contribution in [-0.2, 0) is 15.0 Å². The third-order valence-corrected chi connectivity index (χ3v) is 4.28. The third-order valence-electron chi connectivity index (χ3n) is 4.28. The molecule has 0 aromatic heterocycles. The van der Waals surface area contributed by atoms with E-state index in [1.807, 2.05) is 30.3 Å². The topological polar surface area (TPSA) is 67.4 Å². The number of hydrogen-bond donors (Lipinski definition) is 2. The second kappa shape index (κ2) is 6.35. The van der Waals surface area contributed by atoms with Crippen molar-refractivity contribution in [1.29, 1.82) is 0 Å². The van der Waals surface area contributed by atoms with Crippen molar-refractivity contribution >= 4 is 23.2 Å². The van der Waals surface area contributed by atoms with Crippen molar-refractivity contribution in [3.8, 4) is 5.75 Å². The Kier molecular flexibility index (Phi) is 4.25. The zero-order valence-corrected chi connectivity index (χ0v) is 13.8. The zero-order valence-electron chi connectivity index (χ0n) is 13.8. The molecule has 0 unspecified atom stereocenters. The second-order valence-electron chi connectivity index (χ2n) is 6.00. The molecule has 0 atom stereocenters. The molecule has 3 rings (SSSR count). The van der Waals surface area contributed by atoms with Crippen LogP contribution in [0.25, 0.3) is 0 Å². The summed E-state index contributed by atoms with van der Waals surface area (Å²) in [5, 5.41) is 5.67. The Labute approximate surface area is 141 Å². The first-order valence-electron chi connectivity index (χ1n) is 7.88. The van der Waals surface area contributed by atoms with E-state index in [4.69, 9.17) is 4.74 Å². The van der Waals surface area contributed by atoms with Crippen LogP contribution in [0, 0.1) is 0 Å². The minimum absolute atomic E-state index is 0.0491. The summed E-state index contributed by atoms with van der Waals surface area (Å²) >= 11 is 0. The molecule has 5 heteroatoms. The highest BCUT2D eigenvalue weighted by Gasteiger charge is 2.51. The number of rotatable bonds is 5. The lowest BCUT2D eigenvalue weighted by Gasteiger charge is -2.18. The van der Waals surface area contributed by atoms with Crippen LogP contribution >= 0.6 is 0 Å². The largest absolute Gasteiger partial charge is 0.495 e. The van der Waals surface area contributed by atoms with Crippen molar-refractivity contribution in [2.75, 3.05) is 17.7 Å². The SMILES string of the molecule is COc1ccc(NC(C)=O)cc1NC(=O)C1(c2ccccc2)CC1. The summed E-state index contributed by atoms with van der Waals surface area (Å²) in [6.07, 6.45) is 1.66. The Morgan fingerprint density at radius 1 is 1.04 bits per heavy atom. The van der Waals surface area contributed by atoms with Gasteiger partial charge in [-0.25, -0.2) is 0 Å². The van der Waals surface area contributed by atoms with E-state index in [-0.39, 0.29) is 11.8 Å². The Morgan fingerprint density at radius 2 is 1.75 bits per heavy atom. The van der Waals surface area contributed by atoms with Crippen molar-refractivity contribution in [3.05, 3.63) is 54.1 Å². The maximum atomic E-state index is 12.8. The van der Waals surface area contributed by atoms with E-state index in [2.05, 4.69) is 10.6 Å². The molecule has 2 amide bonds. The van der Waals surface area contributed by atoms with Gasteiger partial charge in [0.15, 0.2) is 0 Å². The number of anilines is 2. The molecule has 24 heavy (non-hydrogen) atoms. The molecule has 1 aliphatic carbocycles. The summed E-state index contributed by atoms with van der Waals surface area (Å²) in [6, 6.07) is 15.0. The average molecular weight is 324 g/mol. The molecule has 0 bridgehead atoms. The van der Waals surface area contributed by atoms with Gasteiger partial charge in [-0.1, -0.05) is 30.3 Å². The summed E-state index contributed by atoms with van der Waals surface area (Å²) < 4.78 is 5.32. The fourth-order valence-corrected chi connectivity index (χ4v) is 2.86. The average Bonchev–Trinajstić information content (AvgIpc) is 3.37. The lowest BCUT2D eigenvalue weighted by molar-refractivity contribution is -0.118. The highest BCUT2D eigenvalue weighted by atomic mass is 16.5. The number of ether oxygens (including phenoxy) is 1. The molecule has 1 aliphatic rings. The van der Waals surface area contributed by atoms with Crippen molar-refractivity contribution in [2.24, 2.45) is 0 Å². The van der Waals surface area contributed by atoms with Crippen LogP contribution < -0.4 is 15.4 Å². The number of carbonyl (C=O) groups excluding carboxylic acids is 2. The molecule has 2 N–H and O–H groups in total. The van der Waals surface area contributed by atoms with Crippen LogP contribution in [0.15, 0.2) is 48.5 Å². The maximum Gasteiger partial charge on any atom is 0.235 e. The van der Waals surface area contributed by atoms with Crippen molar-refractivity contribution < 1.29 is 14.3 Å². The summed E-state index contributed by atoms with van der Waals surface area (Å²) in [5.74, 6) is 0.341. The fraction of sp³-hybridized carbons (Fsp3) is 0.263. The summed E-state index contributed by atoms with van der Waals surface area (Å²) in [7, 11) is 1.55. The van der Waals surface area contributed by atoms with E-state index in [9.17, 15) is 9.59 Å². The molecular formula is C19H20N2O3. The zero-order chi connectivity index (χ0) is 17.2. The summed E-state index contributed by atoms with van der Waals surface area (Å²) in [5.41, 5.74) is 1.73. The predicted octanol–water partition coefficient (Wildman–Crippen LogP) is 3.32. The van der Waals surface area contributed by atoms with Crippen molar-refractivity contribution in [3.63, 3.8) is 0 Å². The van der Waals surface area contributed by atoms with E-state index in [0.717, 1.165) is 18.4 Å². The van der Waals surface area contributed by atoms with Crippen LogP contribution in [-0.4, -0.2) is 18.9 Å². The molecule has 0 heterocycles. The van der Waals surface area contributed by atoms with Gasteiger partial charge in [0.1, 0.15) is 5.75 Å². The van der Waals surface area contributed by atoms with Gasteiger partial charge in [-0.05, 0) is 36.6 Å². The number of nitrogens with one attached hydrogen (secondary N) is 2. The minimum Gasteiger partial charge on any atom is -0.495 e. The van der Waals surface area contributed by atoms with Gasteiger partial charge in [0, 0.05) is 12.6 Å². The Morgan fingerprint density at radius 3 is 2.33 bits per heavy atom. The Hall–Kier alpha value is -2.82. The van der Waals surface area contributed by atoms with Gasteiger partial charge < -0.3 is 15.4 Å². The minimum atomic E-state index is -0.462. The van der Waals surface area contributed by atoms with Gasteiger partial charge in [0.05, 0.1) is 18.2 Å². The number of hydrogen-bond acceptors (Lipinski definition) is 3. The first kappa shape index (κ1) is 16.1. The quantitative estimate of drug-likeness (QED) is 0.886. The molecule has 124 valence electrons. The van der Waals surface area contributed by atoms with Gasteiger partial charge in [0.2, 0.25) is 11.8 Å². The first-order chi connectivity index (χ1) is 11.5. The number of amides is 2. The maximum absolute atomic E-state index is 12.8. The van der Waals surface area contributed by atoms with Crippen LogP contribution in [0.4, 0.5) is 11.4 Å². The molecule has 0 saturated heterocycles. The van der Waals surface area contributed by atoms with E-state index in [1.165, 1.54) is 6.92 Å². The molecular weight excluding hydrogens is 304 g/mol. The van der Waals surface area contributed by atoms with Gasteiger partial charge >= 0.3 is 0 Å². The molecule has 2 aromatic rings. The van der Waals surface area contributed by atoms with Gasteiger partial charge in [-0.2, -0.15) is 0 Å². The first-order valence-corrected chi connectivity index (χ1v) is 7.88. The number of methoxy groups -OCH3 is 1. The van der Waals surface area contributed by atoms with Crippen LogP contribution in [0.3, 0.4) is 0 Å². The Balaban J connectivity index is 1.85. The van der Waals surface area contributed by atoms with E-state index in [1.54, 1.807) is 25.3 Å². The molecule has 0 radical (unpaired) electrons. The van der Waals surface area contributed by atoms with Crippen LogP contribution in [0.2, 0.25) is 0 Å². The lowest BCUT2D eigenvalue weighted by atomic mass is 9.95. The molecule has 0 spiro atoms. The van der Waals surface area contributed by atoms with E-state index >= 15 is 0 Å². The van der Waals surface area contributed by atoms with Gasteiger partial charge in [-0.3, -0.25) is 9.59 Å². The Bertz CT molecular complexity index is 767. The van der Waals surface area contributed by atoms with Crippen LogP contribution in [0.1, 0.15) is 25.3 Å². The normalized spacial score (nSPS) is 14.6. The fourth-order valence-electron chi connectivity index (χ4n) is 2.86. The summed E-state index contributed by atoms with van der Waals surface area (Å²) in [6.45, 7) is 1.44. The third kappa shape index (κ3) is 3.11. The van der Waals surface area contributed by atoms with Gasteiger partial charge in [0.25, 0.3) is 0 Å². The smallest absolute Gasteiger partial charge is 0.235 e. The predicted molar refractivity (Wildman–Crippen MR) is 93.3 cm³/mol. The summed E-state index contributed by atoms with van der Waals surface area (Å²) in [4.78, 5) is 24.1. The standard InChI is InChI=1S/C19H20N2O3/c1-13(22)20-15-8-9-17(24-2)16(12-15)21-18(23)19(10-11-19)14-6-4-3-5-7-14/h3-9,12H,10-11H2,1-2H3,(H,20,22)(H,21,23).